The highest BCUT2D eigenvalue weighted by Crippen LogP contribution is 2.31. The van der Waals surface area contributed by atoms with E-state index in [1.165, 1.54) is 24.1 Å². The lowest BCUT2D eigenvalue weighted by Gasteiger charge is -2.18. The number of nitrogens with one attached hydrogen (secondary N) is 1. The molecule has 0 aromatic heterocycles. The minimum absolute atomic E-state index is 0.0406. The molecule has 0 radical (unpaired) electrons. The molecular formula is C16H17FN2O3. The van der Waals surface area contributed by atoms with Gasteiger partial charge in [-0.2, -0.15) is 0 Å². The summed E-state index contributed by atoms with van der Waals surface area (Å²) < 4.78 is 19.6. The van der Waals surface area contributed by atoms with E-state index in [1.807, 2.05) is 6.07 Å². The molecule has 2 N–H and O–H groups in total. The Labute approximate surface area is 127 Å². The van der Waals surface area contributed by atoms with Crippen molar-refractivity contribution in [2.24, 2.45) is 0 Å². The smallest absolute Gasteiger partial charge is 0.321 e. The van der Waals surface area contributed by atoms with E-state index in [4.69, 9.17) is 9.84 Å². The van der Waals surface area contributed by atoms with Crippen LogP contribution in [0.2, 0.25) is 0 Å². The number of aliphatic hydroxyl groups excluding tert-OH is 1. The lowest BCUT2D eigenvalue weighted by molar-refractivity contribution is 0.202. The Morgan fingerprint density at radius 2 is 1.95 bits per heavy atom. The molecule has 2 amide bonds. The first kappa shape index (κ1) is 15.8. The number of likely N-dealkylation sites (N-methyl/N-ethyl adjacent to an activating group) is 1. The standard InChI is InChI=1S/C16H17FN2O3/c1-19(10-11-20)16(21)18-15-13(17)8-5-9-14(15)22-12-6-3-2-4-7-12/h2-9,20H,10-11H2,1H3,(H,18,21). The van der Waals surface area contributed by atoms with E-state index in [0.717, 1.165) is 0 Å². The number of rotatable bonds is 5. The van der Waals surface area contributed by atoms with Crippen molar-refractivity contribution >= 4 is 11.7 Å². The van der Waals surface area contributed by atoms with Crippen molar-refractivity contribution in [3.8, 4) is 11.5 Å². The Hall–Kier alpha value is -2.60. The summed E-state index contributed by atoms with van der Waals surface area (Å²) in [5.74, 6) is 0.142. The number of carbonyl (C=O) groups is 1. The Balaban J connectivity index is 2.21. The zero-order valence-electron chi connectivity index (χ0n) is 12.1. The molecule has 0 aliphatic rings. The van der Waals surface area contributed by atoms with Gasteiger partial charge in [0.1, 0.15) is 11.4 Å². The first-order chi connectivity index (χ1) is 10.6. The molecule has 0 saturated carbocycles. The molecule has 2 rings (SSSR count). The topological polar surface area (TPSA) is 61.8 Å². The van der Waals surface area contributed by atoms with E-state index in [0.29, 0.717) is 5.75 Å². The second-order valence-electron chi connectivity index (χ2n) is 4.60. The van der Waals surface area contributed by atoms with Gasteiger partial charge in [-0.3, -0.25) is 0 Å². The maximum atomic E-state index is 14.0. The predicted molar refractivity (Wildman–Crippen MR) is 81.7 cm³/mol. The van der Waals surface area contributed by atoms with Gasteiger partial charge in [-0.1, -0.05) is 24.3 Å². The summed E-state index contributed by atoms with van der Waals surface area (Å²) in [7, 11) is 1.50. The van der Waals surface area contributed by atoms with Crippen molar-refractivity contribution in [2.45, 2.75) is 0 Å². The van der Waals surface area contributed by atoms with Gasteiger partial charge in [-0.05, 0) is 24.3 Å². The van der Waals surface area contributed by atoms with Crippen molar-refractivity contribution in [1.82, 2.24) is 4.90 Å². The molecule has 0 spiro atoms. The van der Waals surface area contributed by atoms with Gasteiger partial charge in [0, 0.05) is 13.6 Å². The molecule has 0 aliphatic carbocycles. The van der Waals surface area contributed by atoms with Crippen molar-refractivity contribution < 1.29 is 19.0 Å². The van der Waals surface area contributed by atoms with Crippen LogP contribution in [0.15, 0.2) is 48.5 Å². The van der Waals surface area contributed by atoms with Gasteiger partial charge in [0.15, 0.2) is 11.6 Å². The van der Waals surface area contributed by atoms with Gasteiger partial charge in [0.05, 0.1) is 6.61 Å². The maximum absolute atomic E-state index is 14.0. The van der Waals surface area contributed by atoms with Crippen LogP contribution < -0.4 is 10.1 Å². The third-order valence-corrected chi connectivity index (χ3v) is 2.96. The van der Waals surface area contributed by atoms with Crippen molar-refractivity contribution in [1.29, 1.82) is 0 Å². The number of hydrogen-bond donors (Lipinski definition) is 2. The Morgan fingerprint density at radius 1 is 1.23 bits per heavy atom. The van der Waals surface area contributed by atoms with Crippen LogP contribution in [0.3, 0.4) is 0 Å². The van der Waals surface area contributed by atoms with E-state index in [-0.39, 0.29) is 24.6 Å². The van der Waals surface area contributed by atoms with Crippen LogP contribution in [0.25, 0.3) is 0 Å². The first-order valence-electron chi connectivity index (χ1n) is 6.76. The third kappa shape index (κ3) is 3.95. The van der Waals surface area contributed by atoms with Crippen LogP contribution in [0.5, 0.6) is 11.5 Å². The van der Waals surface area contributed by atoms with E-state index in [9.17, 15) is 9.18 Å². The Morgan fingerprint density at radius 3 is 2.64 bits per heavy atom. The number of ether oxygens (including phenoxy) is 1. The molecule has 0 fully saturated rings. The monoisotopic (exact) mass is 304 g/mol. The van der Waals surface area contributed by atoms with Crippen LogP contribution in [0.4, 0.5) is 14.9 Å². The average Bonchev–Trinajstić information content (AvgIpc) is 2.52. The van der Waals surface area contributed by atoms with Gasteiger partial charge >= 0.3 is 6.03 Å². The highest BCUT2D eigenvalue weighted by molar-refractivity contribution is 5.91. The van der Waals surface area contributed by atoms with Crippen molar-refractivity contribution in [3.05, 3.63) is 54.3 Å². The number of urea groups is 1. The molecule has 22 heavy (non-hydrogen) atoms. The summed E-state index contributed by atoms with van der Waals surface area (Å²) in [5.41, 5.74) is -0.0406. The first-order valence-corrected chi connectivity index (χ1v) is 6.76. The second kappa shape index (κ2) is 7.42. The lowest BCUT2D eigenvalue weighted by Crippen LogP contribution is -2.33. The predicted octanol–water partition coefficient (Wildman–Crippen LogP) is 3.07. The van der Waals surface area contributed by atoms with Crippen LogP contribution in [-0.2, 0) is 0 Å². The van der Waals surface area contributed by atoms with Gasteiger partial charge in [-0.25, -0.2) is 9.18 Å². The van der Waals surface area contributed by atoms with Crippen LogP contribution >= 0.6 is 0 Å². The number of benzene rings is 2. The fourth-order valence-corrected chi connectivity index (χ4v) is 1.78. The van der Waals surface area contributed by atoms with Crippen LogP contribution in [-0.4, -0.2) is 36.2 Å². The number of carbonyl (C=O) groups excluding carboxylic acids is 1. The number of anilines is 1. The normalized spacial score (nSPS) is 10.1. The highest BCUT2D eigenvalue weighted by atomic mass is 19.1. The quantitative estimate of drug-likeness (QED) is 0.892. The second-order valence-corrected chi connectivity index (χ2v) is 4.60. The zero-order chi connectivity index (χ0) is 15.9. The molecule has 2 aromatic carbocycles. The molecule has 6 heteroatoms. The Bertz CT molecular complexity index is 635. The summed E-state index contributed by atoms with van der Waals surface area (Å²) in [6.07, 6.45) is 0. The molecule has 0 unspecified atom stereocenters. The molecule has 0 heterocycles. The SMILES string of the molecule is CN(CCO)C(=O)Nc1c(F)cccc1Oc1ccccc1. The van der Waals surface area contributed by atoms with Crippen LogP contribution in [0.1, 0.15) is 0 Å². The minimum atomic E-state index is -0.598. The third-order valence-electron chi connectivity index (χ3n) is 2.96. The van der Waals surface area contributed by atoms with Crippen molar-refractivity contribution in [3.63, 3.8) is 0 Å². The molecule has 0 atom stereocenters. The number of nitrogens with zero attached hydrogens (tertiary/aromatic N) is 1. The van der Waals surface area contributed by atoms with Gasteiger partial charge in [-0.15, -0.1) is 0 Å². The lowest BCUT2D eigenvalue weighted by atomic mass is 10.2. The largest absolute Gasteiger partial charge is 0.455 e. The number of halogens is 1. The number of aliphatic hydroxyl groups is 1. The number of para-hydroxylation sites is 2. The summed E-state index contributed by atoms with van der Waals surface area (Å²) in [5, 5.41) is 11.3. The van der Waals surface area contributed by atoms with E-state index >= 15 is 0 Å². The number of amides is 2. The Kier molecular flexibility index (Phi) is 5.32. The summed E-state index contributed by atoms with van der Waals surface area (Å²) in [6.45, 7) is -0.0241. The van der Waals surface area contributed by atoms with E-state index in [2.05, 4.69) is 5.32 Å². The molecule has 116 valence electrons. The fraction of sp³-hybridized carbons (Fsp3) is 0.188. The highest BCUT2D eigenvalue weighted by Gasteiger charge is 2.16. The summed E-state index contributed by atoms with van der Waals surface area (Å²) >= 11 is 0. The minimum Gasteiger partial charge on any atom is -0.455 e. The molecule has 2 aromatic rings. The van der Waals surface area contributed by atoms with E-state index in [1.54, 1.807) is 30.3 Å². The maximum Gasteiger partial charge on any atom is 0.321 e. The summed E-state index contributed by atoms with van der Waals surface area (Å²) in [6, 6.07) is 12.7. The fourth-order valence-electron chi connectivity index (χ4n) is 1.78. The van der Waals surface area contributed by atoms with Crippen molar-refractivity contribution in [2.75, 3.05) is 25.5 Å². The molecular weight excluding hydrogens is 287 g/mol. The molecule has 5 nitrogen and oxygen atoms in total. The van der Waals surface area contributed by atoms with Crippen LogP contribution in [0, 0.1) is 5.82 Å². The number of hydrogen-bond acceptors (Lipinski definition) is 3. The van der Waals surface area contributed by atoms with Gasteiger partial charge in [0.2, 0.25) is 0 Å². The average molecular weight is 304 g/mol. The zero-order valence-corrected chi connectivity index (χ0v) is 12.1. The summed E-state index contributed by atoms with van der Waals surface area (Å²) in [4.78, 5) is 13.2. The van der Waals surface area contributed by atoms with E-state index < -0.39 is 11.8 Å². The molecule has 0 saturated heterocycles. The molecule has 0 bridgehead atoms. The molecule has 0 aliphatic heterocycles. The van der Waals surface area contributed by atoms with Gasteiger partial charge < -0.3 is 20.1 Å². The van der Waals surface area contributed by atoms with Gasteiger partial charge in [0.25, 0.3) is 0 Å².